The number of amides is 2. The number of nitrogens with one attached hydrogen (secondary N) is 1. The van der Waals surface area contributed by atoms with E-state index in [2.05, 4.69) is 10.3 Å². The molecule has 160 valence electrons. The Kier molecular flexibility index (Phi) is 5.70. The molecule has 1 aromatic carbocycles. The topological polar surface area (TPSA) is 93.5 Å². The maximum absolute atomic E-state index is 13.0. The van der Waals surface area contributed by atoms with Crippen LogP contribution in [0.15, 0.2) is 47.4 Å². The molecule has 0 unspecified atom stereocenters. The first-order valence-electron chi connectivity index (χ1n) is 10.2. The van der Waals surface area contributed by atoms with Gasteiger partial charge in [-0.15, -0.1) is 0 Å². The van der Waals surface area contributed by atoms with Crippen molar-refractivity contribution in [1.82, 2.24) is 14.5 Å². The second-order valence-electron chi connectivity index (χ2n) is 7.60. The van der Waals surface area contributed by atoms with Gasteiger partial charge in [0.25, 0.3) is 5.91 Å². The molecule has 0 aliphatic carbocycles. The number of pyridine rings is 2. The smallest absolute Gasteiger partial charge is 0.259 e. The number of methoxy groups -OCH3 is 1. The first-order chi connectivity index (χ1) is 15.0. The van der Waals surface area contributed by atoms with Crippen LogP contribution in [0.2, 0.25) is 0 Å². The van der Waals surface area contributed by atoms with Crippen molar-refractivity contribution >= 4 is 28.5 Å². The lowest BCUT2D eigenvalue weighted by Gasteiger charge is -2.17. The summed E-state index contributed by atoms with van der Waals surface area (Å²) in [4.78, 5) is 44.8. The van der Waals surface area contributed by atoms with E-state index in [4.69, 9.17) is 4.74 Å². The second-order valence-corrected chi connectivity index (χ2v) is 7.60. The van der Waals surface area contributed by atoms with E-state index < -0.39 is 0 Å². The Morgan fingerprint density at radius 3 is 2.48 bits per heavy atom. The summed E-state index contributed by atoms with van der Waals surface area (Å²) in [5, 5.41) is 3.15. The molecule has 3 heterocycles. The molecule has 0 atom stereocenters. The van der Waals surface area contributed by atoms with Crippen molar-refractivity contribution in [2.75, 3.05) is 25.5 Å². The van der Waals surface area contributed by atoms with Crippen LogP contribution in [0.3, 0.4) is 0 Å². The molecule has 0 spiro atoms. The lowest BCUT2D eigenvalue weighted by Crippen LogP contribution is -2.33. The summed E-state index contributed by atoms with van der Waals surface area (Å²) in [5.41, 5.74) is 1.43. The van der Waals surface area contributed by atoms with E-state index in [1.165, 1.54) is 6.20 Å². The Morgan fingerprint density at radius 1 is 1.10 bits per heavy atom. The molecule has 1 fully saturated rings. The number of likely N-dealkylation sites (tertiary alicyclic amines) is 1. The maximum Gasteiger partial charge on any atom is 0.259 e. The van der Waals surface area contributed by atoms with E-state index in [0.717, 1.165) is 18.5 Å². The number of carbonyl (C=O) groups excluding carboxylic acids is 2. The number of rotatable bonds is 5. The highest BCUT2D eigenvalue weighted by Gasteiger charge is 2.24. The third kappa shape index (κ3) is 4.28. The van der Waals surface area contributed by atoms with Crippen molar-refractivity contribution in [3.63, 3.8) is 0 Å². The predicted molar refractivity (Wildman–Crippen MR) is 118 cm³/mol. The summed E-state index contributed by atoms with van der Waals surface area (Å²) in [7, 11) is 1.57. The summed E-state index contributed by atoms with van der Waals surface area (Å²) in [6.07, 6.45) is 3.32. The predicted octanol–water partition coefficient (Wildman–Crippen LogP) is 2.59. The highest BCUT2D eigenvalue weighted by atomic mass is 16.5. The summed E-state index contributed by atoms with van der Waals surface area (Å²) < 4.78 is 6.70. The fourth-order valence-electron chi connectivity index (χ4n) is 3.75. The van der Waals surface area contributed by atoms with E-state index in [9.17, 15) is 14.4 Å². The number of fused-ring (bicyclic) bond motifs is 1. The summed E-state index contributed by atoms with van der Waals surface area (Å²) in [5.74, 6) is 0.0985. The van der Waals surface area contributed by atoms with Crippen molar-refractivity contribution in [3.8, 4) is 5.75 Å². The largest absolute Gasteiger partial charge is 0.497 e. The first kappa shape index (κ1) is 20.6. The molecule has 2 amide bonds. The Balaban J connectivity index is 1.68. The van der Waals surface area contributed by atoms with Gasteiger partial charge in [-0.3, -0.25) is 14.4 Å². The number of nitrogens with zero attached hydrogens (tertiary/aromatic N) is 3. The quantitative estimate of drug-likeness (QED) is 0.685. The van der Waals surface area contributed by atoms with Gasteiger partial charge in [0.1, 0.15) is 23.5 Å². The lowest BCUT2D eigenvalue weighted by atomic mass is 10.1. The minimum Gasteiger partial charge on any atom is -0.497 e. The molecule has 8 heteroatoms. The first-order valence-corrected chi connectivity index (χ1v) is 10.2. The molecular weight excluding hydrogens is 396 g/mol. The van der Waals surface area contributed by atoms with Crippen LogP contribution in [0.4, 0.5) is 5.69 Å². The highest BCUT2D eigenvalue weighted by Crippen LogP contribution is 2.17. The Labute approximate surface area is 179 Å². The number of carbonyl (C=O) groups is 2. The van der Waals surface area contributed by atoms with Crippen LogP contribution in [0, 0.1) is 6.92 Å². The van der Waals surface area contributed by atoms with Gasteiger partial charge in [0.15, 0.2) is 0 Å². The summed E-state index contributed by atoms with van der Waals surface area (Å²) >= 11 is 0. The molecule has 2 aromatic heterocycles. The molecule has 1 N–H and O–H groups in total. The third-order valence-corrected chi connectivity index (χ3v) is 5.37. The van der Waals surface area contributed by atoms with Gasteiger partial charge in [0.2, 0.25) is 11.3 Å². The van der Waals surface area contributed by atoms with Crippen molar-refractivity contribution < 1.29 is 14.3 Å². The van der Waals surface area contributed by atoms with Crippen molar-refractivity contribution in [1.29, 1.82) is 0 Å². The minimum absolute atomic E-state index is 0.0669. The van der Waals surface area contributed by atoms with Crippen molar-refractivity contribution in [2.45, 2.75) is 26.3 Å². The van der Waals surface area contributed by atoms with Crippen LogP contribution in [0.1, 0.15) is 28.9 Å². The zero-order valence-corrected chi connectivity index (χ0v) is 17.6. The third-order valence-electron chi connectivity index (χ3n) is 5.37. The maximum atomic E-state index is 13.0. The van der Waals surface area contributed by atoms with Crippen LogP contribution in [0.5, 0.6) is 5.75 Å². The second kappa shape index (κ2) is 8.59. The molecular formula is C23H24N4O4. The molecule has 1 saturated heterocycles. The van der Waals surface area contributed by atoms with Gasteiger partial charge in [-0.25, -0.2) is 4.98 Å². The van der Waals surface area contributed by atoms with E-state index >= 15 is 0 Å². The van der Waals surface area contributed by atoms with E-state index in [1.807, 2.05) is 6.92 Å². The normalized spacial score (nSPS) is 13.4. The average molecular weight is 420 g/mol. The van der Waals surface area contributed by atoms with E-state index in [0.29, 0.717) is 35.6 Å². The minimum atomic E-state index is -0.355. The molecule has 8 nitrogen and oxygen atoms in total. The van der Waals surface area contributed by atoms with Crippen LogP contribution in [-0.2, 0) is 11.3 Å². The highest BCUT2D eigenvalue weighted by molar-refractivity contribution is 5.97. The number of benzene rings is 1. The Morgan fingerprint density at radius 2 is 1.81 bits per heavy atom. The SMILES string of the molecule is COc1ccc(NC(=O)Cn2cc(C(=O)N3CCCC3)c(=O)c3ccc(C)nc32)cc1. The number of aryl methyl sites for hydroxylation is 1. The molecule has 0 radical (unpaired) electrons. The van der Waals surface area contributed by atoms with Gasteiger partial charge < -0.3 is 19.5 Å². The molecule has 4 rings (SSSR count). The Bertz CT molecular complexity index is 1190. The molecule has 1 aliphatic heterocycles. The number of hydrogen-bond acceptors (Lipinski definition) is 5. The van der Waals surface area contributed by atoms with Crippen LogP contribution in [-0.4, -0.2) is 46.5 Å². The van der Waals surface area contributed by atoms with E-state index in [1.54, 1.807) is 53.0 Å². The van der Waals surface area contributed by atoms with Gasteiger partial charge in [0, 0.05) is 30.7 Å². The van der Waals surface area contributed by atoms with Crippen molar-refractivity contribution in [3.05, 3.63) is 64.1 Å². The number of anilines is 1. The lowest BCUT2D eigenvalue weighted by molar-refractivity contribution is -0.116. The zero-order valence-electron chi connectivity index (χ0n) is 17.6. The monoisotopic (exact) mass is 420 g/mol. The molecule has 1 aliphatic rings. The number of hydrogen-bond donors (Lipinski definition) is 1. The van der Waals surface area contributed by atoms with Gasteiger partial charge >= 0.3 is 0 Å². The van der Waals surface area contributed by atoms with E-state index in [-0.39, 0.29) is 29.4 Å². The van der Waals surface area contributed by atoms with Crippen molar-refractivity contribution in [2.24, 2.45) is 0 Å². The summed E-state index contributed by atoms with van der Waals surface area (Å²) in [6.45, 7) is 3.01. The van der Waals surface area contributed by atoms with Gasteiger partial charge in [-0.1, -0.05) is 0 Å². The van der Waals surface area contributed by atoms with Gasteiger partial charge in [-0.2, -0.15) is 0 Å². The molecule has 0 saturated carbocycles. The fourth-order valence-corrected chi connectivity index (χ4v) is 3.75. The zero-order chi connectivity index (χ0) is 22.0. The average Bonchev–Trinajstić information content (AvgIpc) is 3.30. The Hall–Kier alpha value is -3.68. The summed E-state index contributed by atoms with van der Waals surface area (Å²) in [6, 6.07) is 10.4. The molecule has 0 bridgehead atoms. The molecule has 3 aromatic rings. The van der Waals surface area contributed by atoms with Gasteiger partial charge in [0.05, 0.1) is 12.5 Å². The number of aromatic nitrogens is 2. The van der Waals surface area contributed by atoms with Gasteiger partial charge in [-0.05, 0) is 56.2 Å². The van der Waals surface area contributed by atoms with Crippen LogP contribution < -0.4 is 15.5 Å². The molecule has 31 heavy (non-hydrogen) atoms. The standard InChI is InChI=1S/C23H24N4O4/c1-15-5-10-18-21(29)19(23(30)26-11-3-4-12-26)13-27(22(18)24-15)14-20(28)25-16-6-8-17(31-2)9-7-16/h5-10,13H,3-4,11-12,14H2,1-2H3,(H,25,28). The van der Waals surface area contributed by atoms with Crippen LogP contribution >= 0.6 is 0 Å². The van der Waals surface area contributed by atoms with Crippen LogP contribution in [0.25, 0.3) is 11.0 Å². The fraction of sp³-hybridized carbons (Fsp3) is 0.304. The number of ether oxygens (including phenoxy) is 1.